The number of hydrogen-bond donors (Lipinski definition) is 0. The maximum Gasteiger partial charge on any atom is 0.416 e. The molecule has 0 spiro atoms. The van der Waals surface area contributed by atoms with Crippen molar-refractivity contribution in [2.75, 3.05) is 0 Å². The van der Waals surface area contributed by atoms with Gasteiger partial charge in [0.15, 0.2) is 0 Å². The first-order valence-corrected chi connectivity index (χ1v) is 6.08. The molecule has 1 saturated carbocycles. The van der Waals surface area contributed by atoms with Gasteiger partial charge in [-0.3, -0.25) is 0 Å². The van der Waals surface area contributed by atoms with Gasteiger partial charge in [0.2, 0.25) is 0 Å². The number of aromatic nitrogens is 3. The molecule has 19 heavy (non-hydrogen) atoms. The summed E-state index contributed by atoms with van der Waals surface area (Å²) >= 11 is 0. The smallest absolute Gasteiger partial charge is 0.248 e. The van der Waals surface area contributed by atoms with Crippen molar-refractivity contribution in [3.8, 4) is 0 Å². The van der Waals surface area contributed by atoms with Crippen LogP contribution < -0.4 is 0 Å². The zero-order valence-electron chi connectivity index (χ0n) is 10.1. The minimum atomic E-state index is -4.31. The Morgan fingerprint density at radius 1 is 1.26 bits per heavy atom. The zero-order valence-corrected chi connectivity index (χ0v) is 10.1. The molecule has 0 bridgehead atoms. The summed E-state index contributed by atoms with van der Waals surface area (Å²) in [5.74, 6) is 0.496. The summed E-state index contributed by atoms with van der Waals surface area (Å²) in [4.78, 5) is 0. The highest BCUT2D eigenvalue weighted by atomic mass is 19.4. The van der Waals surface area contributed by atoms with Crippen LogP contribution in [0.1, 0.15) is 35.6 Å². The van der Waals surface area contributed by atoms with Gasteiger partial charge in [0.1, 0.15) is 0 Å². The number of nitrogens with zero attached hydrogens (tertiary/aromatic N) is 3. The molecule has 0 atom stereocenters. The molecule has 1 aliphatic rings. The van der Waals surface area contributed by atoms with Gasteiger partial charge in [0.25, 0.3) is 0 Å². The molecule has 6 heteroatoms. The molecule has 3 rings (SSSR count). The molecule has 100 valence electrons. The predicted octanol–water partition coefficient (Wildman–Crippen LogP) is 3.22. The highest BCUT2D eigenvalue weighted by Crippen LogP contribution is 2.38. The molecule has 1 aromatic carbocycles. The van der Waals surface area contributed by atoms with Crippen molar-refractivity contribution in [3.63, 3.8) is 0 Å². The van der Waals surface area contributed by atoms with Crippen LogP contribution in [0.5, 0.6) is 0 Å². The molecule has 0 saturated heterocycles. The van der Waals surface area contributed by atoms with E-state index >= 15 is 0 Å². The predicted molar refractivity (Wildman–Crippen MR) is 62.5 cm³/mol. The van der Waals surface area contributed by atoms with Crippen LogP contribution in [0.4, 0.5) is 13.2 Å². The van der Waals surface area contributed by atoms with Crippen LogP contribution in [0.15, 0.2) is 30.5 Å². The van der Waals surface area contributed by atoms with E-state index in [1.807, 2.05) is 6.20 Å². The Morgan fingerprint density at radius 2 is 2.05 bits per heavy atom. The summed E-state index contributed by atoms with van der Waals surface area (Å²) in [7, 11) is 0. The lowest BCUT2D eigenvalue weighted by Gasteiger charge is -2.08. The van der Waals surface area contributed by atoms with Crippen molar-refractivity contribution in [3.05, 3.63) is 47.3 Å². The third kappa shape index (κ3) is 2.77. The number of hydrogen-bond acceptors (Lipinski definition) is 2. The summed E-state index contributed by atoms with van der Waals surface area (Å²) in [6.07, 6.45) is -0.236. The fourth-order valence-corrected chi connectivity index (χ4v) is 1.99. The molecule has 1 heterocycles. The molecule has 1 aliphatic carbocycles. The highest BCUT2D eigenvalue weighted by Gasteiger charge is 2.30. The summed E-state index contributed by atoms with van der Waals surface area (Å²) in [5, 5.41) is 7.99. The minimum absolute atomic E-state index is 0.309. The van der Waals surface area contributed by atoms with Crippen LogP contribution in [-0.4, -0.2) is 15.0 Å². The van der Waals surface area contributed by atoms with Crippen molar-refractivity contribution in [2.45, 2.75) is 31.5 Å². The van der Waals surface area contributed by atoms with Gasteiger partial charge in [0.05, 0.1) is 17.8 Å². The molecule has 1 aromatic heterocycles. The second-order valence-electron chi connectivity index (χ2n) is 4.81. The summed E-state index contributed by atoms with van der Waals surface area (Å²) in [5.41, 5.74) is 0.876. The van der Waals surface area contributed by atoms with Gasteiger partial charge in [-0.25, -0.2) is 4.68 Å². The number of halogens is 3. The minimum Gasteiger partial charge on any atom is -0.248 e. The lowest BCUT2D eigenvalue weighted by Crippen LogP contribution is -2.07. The molecule has 0 radical (unpaired) electrons. The first-order chi connectivity index (χ1) is 9.02. The Morgan fingerprint density at radius 3 is 2.74 bits per heavy atom. The Balaban J connectivity index is 1.78. The average Bonchev–Trinajstić information content (AvgIpc) is 3.10. The maximum absolute atomic E-state index is 12.6. The maximum atomic E-state index is 12.6. The molecule has 0 unspecified atom stereocenters. The van der Waals surface area contributed by atoms with Crippen LogP contribution in [-0.2, 0) is 12.7 Å². The van der Waals surface area contributed by atoms with Crippen LogP contribution in [0.2, 0.25) is 0 Å². The van der Waals surface area contributed by atoms with Crippen molar-refractivity contribution < 1.29 is 13.2 Å². The summed E-state index contributed by atoms with van der Waals surface area (Å²) in [6.45, 7) is 0.309. The van der Waals surface area contributed by atoms with Crippen LogP contribution in [0.3, 0.4) is 0 Å². The van der Waals surface area contributed by atoms with E-state index in [2.05, 4.69) is 10.3 Å². The van der Waals surface area contributed by atoms with Crippen molar-refractivity contribution in [1.29, 1.82) is 0 Å². The van der Waals surface area contributed by atoms with E-state index < -0.39 is 11.7 Å². The monoisotopic (exact) mass is 267 g/mol. The third-order valence-electron chi connectivity index (χ3n) is 3.15. The van der Waals surface area contributed by atoms with Crippen LogP contribution in [0, 0.1) is 0 Å². The van der Waals surface area contributed by atoms with Gasteiger partial charge in [-0.15, -0.1) is 5.10 Å². The van der Waals surface area contributed by atoms with E-state index in [1.165, 1.54) is 6.07 Å². The average molecular weight is 267 g/mol. The normalized spacial score (nSPS) is 15.7. The fourth-order valence-electron chi connectivity index (χ4n) is 1.99. The number of rotatable bonds is 3. The van der Waals surface area contributed by atoms with Gasteiger partial charge < -0.3 is 0 Å². The van der Waals surface area contributed by atoms with Crippen molar-refractivity contribution >= 4 is 0 Å². The van der Waals surface area contributed by atoms with E-state index in [4.69, 9.17) is 0 Å². The van der Waals surface area contributed by atoms with Gasteiger partial charge in [0, 0.05) is 12.1 Å². The zero-order chi connectivity index (χ0) is 13.5. The standard InChI is InChI=1S/C13H12F3N3/c14-13(15,16)11-3-1-2-9(6-11)7-19-8-12(17-18-19)10-4-5-10/h1-3,6,8,10H,4-5,7H2. The van der Waals surface area contributed by atoms with Gasteiger partial charge in [-0.1, -0.05) is 17.3 Å². The van der Waals surface area contributed by atoms with Gasteiger partial charge >= 0.3 is 6.18 Å². The molecule has 1 fully saturated rings. The lowest BCUT2D eigenvalue weighted by atomic mass is 10.1. The Kier molecular flexibility index (Phi) is 2.80. The second kappa shape index (κ2) is 4.36. The lowest BCUT2D eigenvalue weighted by molar-refractivity contribution is -0.137. The van der Waals surface area contributed by atoms with E-state index in [0.29, 0.717) is 18.0 Å². The molecule has 0 aliphatic heterocycles. The number of benzene rings is 1. The summed E-state index contributed by atoms with van der Waals surface area (Å²) in [6, 6.07) is 5.30. The topological polar surface area (TPSA) is 30.7 Å². The van der Waals surface area contributed by atoms with Crippen molar-refractivity contribution in [1.82, 2.24) is 15.0 Å². The Hall–Kier alpha value is -1.85. The summed E-state index contributed by atoms with van der Waals surface area (Å²) < 4.78 is 39.4. The first-order valence-electron chi connectivity index (χ1n) is 6.08. The molecule has 3 nitrogen and oxygen atoms in total. The molecular formula is C13H12F3N3. The largest absolute Gasteiger partial charge is 0.416 e. The van der Waals surface area contributed by atoms with Crippen LogP contribution in [0.25, 0.3) is 0 Å². The first kappa shape index (κ1) is 12.2. The second-order valence-corrected chi connectivity index (χ2v) is 4.81. The Labute approximate surface area is 108 Å². The SMILES string of the molecule is FC(F)(F)c1cccc(Cn2cc(C3CC3)nn2)c1. The molecule has 0 N–H and O–H groups in total. The van der Waals surface area contributed by atoms with E-state index in [1.54, 1.807) is 10.7 Å². The van der Waals surface area contributed by atoms with E-state index in [0.717, 1.165) is 30.7 Å². The Bertz CT molecular complexity index is 585. The molecular weight excluding hydrogens is 255 g/mol. The highest BCUT2D eigenvalue weighted by molar-refractivity contribution is 5.25. The fraction of sp³-hybridized carbons (Fsp3) is 0.385. The molecule has 2 aromatic rings. The number of alkyl halides is 3. The van der Waals surface area contributed by atoms with Crippen LogP contribution >= 0.6 is 0 Å². The van der Waals surface area contributed by atoms with Gasteiger partial charge in [-0.2, -0.15) is 13.2 Å². The van der Waals surface area contributed by atoms with Crippen molar-refractivity contribution in [2.24, 2.45) is 0 Å². The van der Waals surface area contributed by atoms with E-state index in [-0.39, 0.29) is 0 Å². The third-order valence-corrected chi connectivity index (χ3v) is 3.15. The van der Waals surface area contributed by atoms with Gasteiger partial charge in [-0.05, 0) is 30.5 Å². The quantitative estimate of drug-likeness (QED) is 0.854. The molecule has 0 amide bonds. The van der Waals surface area contributed by atoms with E-state index in [9.17, 15) is 13.2 Å².